The summed E-state index contributed by atoms with van der Waals surface area (Å²) >= 11 is 5.93. The highest BCUT2D eigenvalue weighted by molar-refractivity contribution is 6.30. The molecule has 4 heteroatoms. The molecule has 0 fully saturated rings. The third-order valence-corrected chi connectivity index (χ3v) is 2.67. The van der Waals surface area contributed by atoms with Crippen molar-refractivity contribution in [3.05, 3.63) is 23.2 Å². The minimum atomic E-state index is 0.138. The van der Waals surface area contributed by atoms with Crippen molar-refractivity contribution in [3.63, 3.8) is 0 Å². The summed E-state index contributed by atoms with van der Waals surface area (Å²) in [7, 11) is 0. The lowest BCUT2D eigenvalue weighted by atomic mass is 10.2. The van der Waals surface area contributed by atoms with Gasteiger partial charge in [0, 0.05) is 11.6 Å². The normalized spacial score (nSPS) is 19.7. The maximum atomic E-state index is 8.98. The van der Waals surface area contributed by atoms with E-state index in [-0.39, 0.29) is 12.7 Å². The molecule has 1 aliphatic rings. The molecule has 0 spiro atoms. The van der Waals surface area contributed by atoms with E-state index in [9.17, 15) is 0 Å². The summed E-state index contributed by atoms with van der Waals surface area (Å²) in [6, 6.07) is 5.56. The molecule has 1 aromatic rings. The van der Waals surface area contributed by atoms with Crippen LogP contribution >= 0.6 is 11.6 Å². The molecule has 3 nitrogen and oxygen atoms in total. The Bertz CT molecular complexity index is 356. The Hall–Kier alpha value is -0.930. The number of hydrogen-bond donors (Lipinski definition) is 1. The number of anilines is 1. The lowest BCUT2D eigenvalue weighted by Gasteiger charge is -2.34. The number of halogens is 1. The number of β-amino-alcohol motifs (C(OH)–C–C–N with tert-alkyl or cyclic N) is 1. The third-order valence-electron chi connectivity index (χ3n) is 2.44. The highest BCUT2D eigenvalue weighted by Gasteiger charge is 2.22. The average molecular weight is 228 g/mol. The molecule has 0 aliphatic carbocycles. The SMILES string of the molecule is CC1CN(CCO)c2cc(Cl)ccc2O1. The Kier molecular flexibility index (Phi) is 3.03. The summed E-state index contributed by atoms with van der Waals surface area (Å²) in [5.41, 5.74) is 0.967. The van der Waals surface area contributed by atoms with E-state index >= 15 is 0 Å². The molecule has 0 amide bonds. The smallest absolute Gasteiger partial charge is 0.143 e. The van der Waals surface area contributed by atoms with Gasteiger partial charge < -0.3 is 14.7 Å². The lowest BCUT2D eigenvalue weighted by Crippen LogP contribution is -2.39. The Labute approximate surface area is 94.2 Å². The average Bonchev–Trinajstić information content (AvgIpc) is 2.19. The first kappa shape index (κ1) is 10.6. The fourth-order valence-electron chi connectivity index (χ4n) is 1.83. The molecule has 15 heavy (non-hydrogen) atoms. The van der Waals surface area contributed by atoms with Gasteiger partial charge in [0.2, 0.25) is 0 Å². The van der Waals surface area contributed by atoms with Gasteiger partial charge in [-0.05, 0) is 25.1 Å². The number of benzene rings is 1. The molecule has 1 N–H and O–H groups in total. The molecular formula is C11H14ClNO2. The zero-order valence-corrected chi connectivity index (χ0v) is 9.37. The first-order chi connectivity index (χ1) is 7.20. The van der Waals surface area contributed by atoms with Crippen molar-refractivity contribution in [2.45, 2.75) is 13.0 Å². The molecule has 1 heterocycles. The number of rotatable bonds is 2. The number of aliphatic hydroxyl groups is 1. The van der Waals surface area contributed by atoms with Crippen LogP contribution in [0.3, 0.4) is 0 Å². The molecule has 2 rings (SSSR count). The van der Waals surface area contributed by atoms with Crippen LogP contribution in [0.25, 0.3) is 0 Å². The van der Waals surface area contributed by atoms with Crippen LogP contribution in [-0.4, -0.2) is 30.9 Å². The zero-order chi connectivity index (χ0) is 10.8. The molecule has 1 unspecified atom stereocenters. The van der Waals surface area contributed by atoms with Gasteiger partial charge in [0.25, 0.3) is 0 Å². The van der Waals surface area contributed by atoms with E-state index in [1.807, 2.05) is 25.1 Å². The minimum Gasteiger partial charge on any atom is -0.487 e. The van der Waals surface area contributed by atoms with Crippen molar-refractivity contribution >= 4 is 17.3 Å². The lowest BCUT2D eigenvalue weighted by molar-refractivity contribution is 0.207. The van der Waals surface area contributed by atoms with Crippen LogP contribution < -0.4 is 9.64 Å². The van der Waals surface area contributed by atoms with E-state index in [4.69, 9.17) is 21.4 Å². The van der Waals surface area contributed by atoms with E-state index in [2.05, 4.69) is 4.90 Å². The van der Waals surface area contributed by atoms with Crippen LogP contribution in [0.1, 0.15) is 6.92 Å². The highest BCUT2D eigenvalue weighted by Crippen LogP contribution is 2.35. The Morgan fingerprint density at radius 1 is 1.60 bits per heavy atom. The third kappa shape index (κ3) is 2.19. The number of aliphatic hydroxyl groups excluding tert-OH is 1. The van der Waals surface area contributed by atoms with Crippen LogP contribution in [0.5, 0.6) is 5.75 Å². The summed E-state index contributed by atoms with van der Waals surface area (Å²) in [4.78, 5) is 2.09. The maximum Gasteiger partial charge on any atom is 0.143 e. The molecule has 0 saturated carbocycles. The Balaban J connectivity index is 2.34. The molecule has 0 radical (unpaired) electrons. The first-order valence-electron chi connectivity index (χ1n) is 5.02. The van der Waals surface area contributed by atoms with Gasteiger partial charge in [-0.15, -0.1) is 0 Å². The number of fused-ring (bicyclic) bond motifs is 1. The van der Waals surface area contributed by atoms with Crippen molar-refractivity contribution < 1.29 is 9.84 Å². The Morgan fingerprint density at radius 2 is 2.40 bits per heavy atom. The van der Waals surface area contributed by atoms with Crippen LogP contribution in [-0.2, 0) is 0 Å². The van der Waals surface area contributed by atoms with Crippen molar-refractivity contribution in [2.24, 2.45) is 0 Å². The summed E-state index contributed by atoms with van der Waals surface area (Å²) in [5, 5.41) is 9.67. The number of nitrogens with zero attached hydrogens (tertiary/aromatic N) is 1. The fraction of sp³-hybridized carbons (Fsp3) is 0.455. The van der Waals surface area contributed by atoms with E-state index in [0.717, 1.165) is 18.0 Å². The topological polar surface area (TPSA) is 32.7 Å². The van der Waals surface area contributed by atoms with Gasteiger partial charge in [0.05, 0.1) is 18.8 Å². The summed E-state index contributed by atoms with van der Waals surface area (Å²) < 4.78 is 5.68. The molecule has 82 valence electrons. The predicted octanol–water partition coefficient (Wildman–Crippen LogP) is 1.92. The van der Waals surface area contributed by atoms with Crippen molar-refractivity contribution in [2.75, 3.05) is 24.6 Å². The summed E-state index contributed by atoms with van der Waals surface area (Å²) in [6.45, 7) is 3.55. The second-order valence-corrected chi connectivity index (χ2v) is 4.15. The molecule has 0 aromatic heterocycles. The van der Waals surface area contributed by atoms with E-state index in [1.54, 1.807) is 0 Å². The van der Waals surface area contributed by atoms with Crippen LogP contribution in [0.4, 0.5) is 5.69 Å². The predicted molar refractivity (Wildman–Crippen MR) is 60.8 cm³/mol. The van der Waals surface area contributed by atoms with E-state index in [0.29, 0.717) is 11.6 Å². The van der Waals surface area contributed by atoms with Gasteiger partial charge in [-0.25, -0.2) is 0 Å². The maximum absolute atomic E-state index is 8.98. The van der Waals surface area contributed by atoms with Gasteiger partial charge in [-0.1, -0.05) is 11.6 Å². The molecule has 0 saturated heterocycles. The quantitative estimate of drug-likeness (QED) is 0.838. The number of hydrogen-bond acceptors (Lipinski definition) is 3. The molecule has 0 bridgehead atoms. The van der Waals surface area contributed by atoms with E-state index in [1.165, 1.54) is 0 Å². The molecule has 1 aliphatic heterocycles. The van der Waals surface area contributed by atoms with Crippen molar-refractivity contribution in [1.82, 2.24) is 0 Å². The summed E-state index contributed by atoms with van der Waals surface area (Å²) in [5.74, 6) is 0.839. The minimum absolute atomic E-state index is 0.138. The highest BCUT2D eigenvalue weighted by atomic mass is 35.5. The standard InChI is InChI=1S/C11H14ClNO2/c1-8-7-13(4-5-14)10-6-9(12)2-3-11(10)15-8/h2-3,6,8,14H,4-5,7H2,1H3. The van der Waals surface area contributed by atoms with Gasteiger partial charge >= 0.3 is 0 Å². The van der Waals surface area contributed by atoms with Gasteiger partial charge in [-0.2, -0.15) is 0 Å². The van der Waals surface area contributed by atoms with Gasteiger partial charge in [0.1, 0.15) is 11.9 Å². The monoisotopic (exact) mass is 227 g/mol. The van der Waals surface area contributed by atoms with Crippen LogP contribution in [0.2, 0.25) is 5.02 Å². The second-order valence-electron chi connectivity index (χ2n) is 3.71. The second kappa shape index (κ2) is 4.29. The summed E-state index contributed by atoms with van der Waals surface area (Å²) in [6.07, 6.45) is 0.144. The molecular weight excluding hydrogens is 214 g/mol. The largest absolute Gasteiger partial charge is 0.487 e. The first-order valence-corrected chi connectivity index (χ1v) is 5.40. The van der Waals surface area contributed by atoms with Crippen LogP contribution in [0, 0.1) is 0 Å². The molecule has 1 atom stereocenters. The van der Waals surface area contributed by atoms with Gasteiger partial charge in [-0.3, -0.25) is 0 Å². The zero-order valence-electron chi connectivity index (χ0n) is 8.61. The number of ether oxygens (including phenoxy) is 1. The fourth-order valence-corrected chi connectivity index (χ4v) is 2.00. The van der Waals surface area contributed by atoms with Gasteiger partial charge in [0.15, 0.2) is 0 Å². The van der Waals surface area contributed by atoms with Crippen molar-refractivity contribution in [3.8, 4) is 5.75 Å². The molecule has 1 aromatic carbocycles. The Morgan fingerprint density at radius 3 is 3.13 bits per heavy atom. The van der Waals surface area contributed by atoms with E-state index < -0.39 is 0 Å². The van der Waals surface area contributed by atoms with Crippen LogP contribution in [0.15, 0.2) is 18.2 Å². The van der Waals surface area contributed by atoms with Crippen molar-refractivity contribution in [1.29, 1.82) is 0 Å².